The second-order valence-corrected chi connectivity index (χ2v) is 5.34. The van der Waals surface area contributed by atoms with Gasteiger partial charge in [0.1, 0.15) is 5.82 Å². The monoisotopic (exact) mass is 327 g/mol. The molecule has 0 saturated carbocycles. The van der Waals surface area contributed by atoms with E-state index in [4.69, 9.17) is 5.11 Å². The molecule has 0 saturated heterocycles. The normalized spacial score (nSPS) is 14.5. The number of aliphatic carboxylic acids is 1. The second-order valence-electron chi connectivity index (χ2n) is 4.51. The molecule has 0 atom stereocenters. The number of nitrogens with zero attached hydrogens (tertiary/aromatic N) is 3. The molecule has 9 heteroatoms. The van der Waals surface area contributed by atoms with E-state index in [0.717, 1.165) is 16.7 Å². The van der Waals surface area contributed by atoms with E-state index in [1.54, 1.807) is 12.1 Å². The predicted octanol–water partition coefficient (Wildman–Crippen LogP) is 3.22. The molecule has 0 aliphatic carbocycles. The molecule has 3 rings (SSSR count). The van der Waals surface area contributed by atoms with Crippen LogP contribution in [-0.2, 0) is 17.4 Å². The van der Waals surface area contributed by atoms with Gasteiger partial charge in [-0.25, -0.2) is 14.8 Å². The van der Waals surface area contributed by atoms with Crippen LogP contribution >= 0.6 is 11.3 Å². The molecule has 0 aromatic carbocycles. The minimum Gasteiger partial charge on any atom is -0.478 e. The highest BCUT2D eigenvalue weighted by Gasteiger charge is 2.35. The van der Waals surface area contributed by atoms with Crippen molar-refractivity contribution in [1.29, 1.82) is 0 Å². The predicted molar refractivity (Wildman–Crippen MR) is 72.9 cm³/mol. The Morgan fingerprint density at radius 2 is 2.18 bits per heavy atom. The van der Waals surface area contributed by atoms with Gasteiger partial charge in [-0.2, -0.15) is 13.2 Å². The van der Waals surface area contributed by atoms with Crippen LogP contribution < -0.4 is 4.90 Å². The van der Waals surface area contributed by atoms with Crippen molar-refractivity contribution in [1.82, 2.24) is 9.97 Å². The average molecular weight is 327 g/mol. The van der Waals surface area contributed by atoms with Gasteiger partial charge in [0.2, 0.25) is 0 Å². The number of hydrogen-bond donors (Lipinski definition) is 1. The van der Waals surface area contributed by atoms with Crippen LogP contribution in [0.4, 0.5) is 24.1 Å². The van der Waals surface area contributed by atoms with E-state index in [1.807, 2.05) is 0 Å². The van der Waals surface area contributed by atoms with Crippen molar-refractivity contribution in [3.63, 3.8) is 0 Å². The van der Waals surface area contributed by atoms with E-state index in [1.165, 1.54) is 17.3 Å². The summed E-state index contributed by atoms with van der Waals surface area (Å²) in [5, 5.41) is 10.1. The molecule has 114 valence electrons. The first-order valence-electron chi connectivity index (χ1n) is 6.06. The van der Waals surface area contributed by atoms with Crippen molar-refractivity contribution in [3.8, 4) is 0 Å². The molecule has 0 unspecified atom stereocenters. The number of hydrogen-bond acceptors (Lipinski definition) is 5. The minimum absolute atomic E-state index is 0.0192. The second kappa shape index (κ2) is 5.09. The Kier molecular flexibility index (Phi) is 3.36. The zero-order valence-electron chi connectivity index (χ0n) is 10.8. The highest BCUT2D eigenvalue weighted by molar-refractivity contribution is 7.13. The van der Waals surface area contributed by atoms with Gasteiger partial charge < -0.3 is 5.11 Å². The molecule has 22 heavy (non-hydrogen) atoms. The Balaban J connectivity index is 2.08. The molecule has 1 aliphatic rings. The number of pyridine rings is 1. The Hall–Kier alpha value is -2.42. The number of carboxylic acids is 1. The van der Waals surface area contributed by atoms with Gasteiger partial charge in [0.05, 0.1) is 5.57 Å². The number of fused-ring (bicyclic) bond motifs is 1. The summed E-state index contributed by atoms with van der Waals surface area (Å²) in [6.07, 6.45) is -1.64. The first-order valence-corrected chi connectivity index (χ1v) is 6.94. The zero-order chi connectivity index (χ0) is 15.9. The van der Waals surface area contributed by atoms with E-state index >= 15 is 0 Å². The summed E-state index contributed by atoms with van der Waals surface area (Å²) in [7, 11) is 0. The van der Waals surface area contributed by atoms with Gasteiger partial charge in [0.25, 0.3) is 0 Å². The average Bonchev–Trinajstić information content (AvgIpc) is 2.95. The molecular formula is C13H8F3N3O2S. The molecule has 1 N–H and O–H groups in total. The lowest BCUT2D eigenvalue weighted by molar-refractivity contribution is -0.140. The molecule has 5 nitrogen and oxygen atoms in total. The van der Waals surface area contributed by atoms with Crippen molar-refractivity contribution < 1.29 is 23.1 Å². The number of aromatic nitrogens is 2. The molecule has 0 radical (unpaired) electrons. The van der Waals surface area contributed by atoms with E-state index in [0.29, 0.717) is 11.4 Å². The molecule has 3 heterocycles. The summed E-state index contributed by atoms with van der Waals surface area (Å²) in [5.41, 5.74) is -0.337. The van der Waals surface area contributed by atoms with Crippen LogP contribution in [0.1, 0.15) is 11.3 Å². The summed E-state index contributed by atoms with van der Waals surface area (Å²) in [4.78, 5) is 20.1. The quantitative estimate of drug-likeness (QED) is 0.917. The summed E-state index contributed by atoms with van der Waals surface area (Å²) < 4.78 is 38.0. The largest absolute Gasteiger partial charge is 0.478 e. The molecule has 0 spiro atoms. The zero-order valence-corrected chi connectivity index (χ0v) is 11.6. The molecule has 2 aromatic rings. The van der Waals surface area contributed by atoms with E-state index in [-0.39, 0.29) is 17.1 Å². The number of rotatable bonds is 2. The number of halogens is 3. The highest BCUT2D eigenvalue weighted by atomic mass is 32.1. The van der Waals surface area contributed by atoms with Gasteiger partial charge in [-0.05, 0) is 6.07 Å². The van der Waals surface area contributed by atoms with Gasteiger partial charge in [-0.1, -0.05) is 6.07 Å². The first kappa shape index (κ1) is 14.5. The Morgan fingerprint density at radius 1 is 1.41 bits per heavy atom. The lowest BCUT2D eigenvalue weighted by Gasteiger charge is -2.24. The Morgan fingerprint density at radius 3 is 2.82 bits per heavy atom. The summed E-state index contributed by atoms with van der Waals surface area (Å²) in [6, 6.07) is 3.33. The maximum Gasteiger partial charge on any atom is 0.434 e. The van der Waals surface area contributed by atoms with Crippen LogP contribution in [-0.4, -0.2) is 21.0 Å². The van der Waals surface area contributed by atoms with Crippen LogP contribution in [0.2, 0.25) is 0 Å². The lowest BCUT2D eigenvalue weighted by atomic mass is 10.0. The molecule has 0 fully saturated rings. The minimum atomic E-state index is -4.54. The Bertz CT molecular complexity index is 770. The first-order chi connectivity index (χ1) is 10.4. The molecule has 0 amide bonds. The van der Waals surface area contributed by atoms with E-state index in [9.17, 15) is 18.0 Å². The van der Waals surface area contributed by atoms with Gasteiger partial charge in [-0.3, -0.25) is 4.90 Å². The number of carboxylic acid groups (broad SMARTS) is 1. The standard InChI is InChI=1S/C13H8F3N3O2S/c14-13(15,16)9-6-22-12(18-9)19-5-8(11(20)21)4-7-2-1-3-17-10(7)19/h1-3,5-6H,4H2,(H,20,21). The molecule has 1 aliphatic heterocycles. The maximum atomic E-state index is 12.7. The summed E-state index contributed by atoms with van der Waals surface area (Å²) in [6.45, 7) is 0. The number of anilines is 2. The van der Waals surface area contributed by atoms with Crippen LogP contribution in [0.15, 0.2) is 35.5 Å². The van der Waals surface area contributed by atoms with Crippen LogP contribution in [0, 0.1) is 0 Å². The SMILES string of the molecule is O=C(O)C1=CN(c2nc(C(F)(F)F)cs2)c2ncccc2C1. The number of carbonyl (C=O) groups is 1. The fourth-order valence-corrected chi connectivity index (χ4v) is 2.84. The van der Waals surface area contributed by atoms with Crippen LogP contribution in [0.25, 0.3) is 0 Å². The van der Waals surface area contributed by atoms with Crippen molar-refractivity contribution in [2.45, 2.75) is 12.6 Å². The fourth-order valence-electron chi connectivity index (χ4n) is 2.03. The van der Waals surface area contributed by atoms with Gasteiger partial charge in [0.15, 0.2) is 10.8 Å². The van der Waals surface area contributed by atoms with Crippen LogP contribution in [0.5, 0.6) is 0 Å². The topological polar surface area (TPSA) is 66.3 Å². The maximum absolute atomic E-state index is 12.7. The number of alkyl halides is 3. The van der Waals surface area contributed by atoms with Crippen molar-refractivity contribution in [3.05, 3.63) is 46.7 Å². The van der Waals surface area contributed by atoms with Gasteiger partial charge in [0, 0.05) is 29.8 Å². The third-order valence-corrected chi connectivity index (χ3v) is 3.86. The van der Waals surface area contributed by atoms with Crippen LogP contribution in [0.3, 0.4) is 0 Å². The van der Waals surface area contributed by atoms with Crippen molar-refractivity contribution in [2.75, 3.05) is 4.90 Å². The van der Waals surface area contributed by atoms with Gasteiger partial charge >= 0.3 is 12.1 Å². The van der Waals surface area contributed by atoms with Gasteiger partial charge in [-0.15, -0.1) is 11.3 Å². The molecular weight excluding hydrogens is 319 g/mol. The van der Waals surface area contributed by atoms with E-state index < -0.39 is 17.8 Å². The third kappa shape index (κ3) is 2.54. The number of thiazole rings is 1. The molecule has 2 aromatic heterocycles. The molecule has 0 bridgehead atoms. The van der Waals surface area contributed by atoms with E-state index in [2.05, 4.69) is 9.97 Å². The highest BCUT2D eigenvalue weighted by Crippen LogP contribution is 2.38. The third-order valence-electron chi connectivity index (χ3n) is 3.02. The smallest absolute Gasteiger partial charge is 0.434 e. The van der Waals surface area contributed by atoms with Crippen molar-refractivity contribution in [2.24, 2.45) is 0 Å². The Labute approximate surface area is 126 Å². The summed E-state index contributed by atoms with van der Waals surface area (Å²) in [5.74, 6) is -0.748. The fraction of sp³-hybridized carbons (Fsp3) is 0.154. The summed E-state index contributed by atoms with van der Waals surface area (Å²) >= 11 is 0.778. The van der Waals surface area contributed by atoms with Crippen molar-refractivity contribution >= 4 is 28.3 Å². The lowest BCUT2D eigenvalue weighted by Crippen LogP contribution is -2.21.